The van der Waals surface area contributed by atoms with Crippen molar-refractivity contribution in [1.82, 2.24) is 0 Å². The molecule has 0 saturated carbocycles. The van der Waals surface area contributed by atoms with Gasteiger partial charge in [-0.2, -0.15) is 0 Å². The fourth-order valence-corrected chi connectivity index (χ4v) is 8.88. The van der Waals surface area contributed by atoms with Crippen LogP contribution in [0.5, 0.6) is 23.0 Å². The average molecular weight is 713 g/mol. The van der Waals surface area contributed by atoms with Crippen molar-refractivity contribution in [3.63, 3.8) is 0 Å². The molecule has 0 aromatic heterocycles. The van der Waals surface area contributed by atoms with E-state index in [-0.39, 0.29) is 52.2 Å². The van der Waals surface area contributed by atoms with Crippen LogP contribution in [0.25, 0.3) is 0 Å². The second-order valence-corrected chi connectivity index (χ2v) is 16.3. The molecule has 6 nitrogen and oxygen atoms in total. The Labute approximate surface area is 313 Å². The molecule has 5 rings (SSSR count). The topological polar surface area (TPSA) is 104 Å². The summed E-state index contributed by atoms with van der Waals surface area (Å²) in [4.78, 5) is 24.6. The van der Waals surface area contributed by atoms with Gasteiger partial charge >= 0.3 is 0 Å². The zero-order valence-corrected chi connectivity index (χ0v) is 33.4. The van der Waals surface area contributed by atoms with E-state index < -0.39 is 0 Å². The number of benzene rings is 2. The highest BCUT2D eigenvalue weighted by molar-refractivity contribution is 6.00. The number of carbonyl (C=O) groups is 2. The number of fused-ring (bicyclic) bond motifs is 3. The summed E-state index contributed by atoms with van der Waals surface area (Å²) in [5.41, 5.74) is 7.17. The van der Waals surface area contributed by atoms with Gasteiger partial charge in [-0.05, 0) is 129 Å². The highest BCUT2D eigenvalue weighted by Gasteiger charge is 2.46. The van der Waals surface area contributed by atoms with E-state index in [1.807, 2.05) is 13.0 Å². The van der Waals surface area contributed by atoms with Crippen LogP contribution in [0.15, 0.2) is 47.6 Å². The molecule has 3 N–H and O–H groups in total. The summed E-state index contributed by atoms with van der Waals surface area (Å²) in [5, 5.41) is 32.8. The van der Waals surface area contributed by atoms with Crippen molar-refractivity contribution in [2.24, 2.45) is 11.8 Å². The number of phenolic OH excluding ortho intramolecular Hbond substituents is 3. The smallest absolute Gasteiger partial charge is 0.163 e. The van der Waals surface area contributed by atoms with Crippen molar-refractivity contribution in [3.8, 4) is 23.0 Å². The number of phenols is 3. The van der Waals surface area contributed by atoms with Crippen LogP contribution in [0, 0.1) is 11.8 Å². The fraction of sp³-hybridized carbons (Fsp3) is 0.565. The highest BCUT2D eigenvalue weighted by Crippen LogP contribution is 2.55. The molecule has 0 saturated heterocycles. The van der Waals surface area contributed by atoms with Crippen molar-refractivity contribution in [2.45, 2.75) is 157 Å². The van der Waals surface area contributed by atoms with Gasteiger partial charge in [0, 0.05) is 28.9 Å². The number of rotatable bonds is 12. The van der Waals surface area contributed by atoms with E-state index in [9.17, 15) is 24.9 Å². The van der Waals surface area contributed by atoms with Gasteiger partial charge in [0.25, 0.3) is 0 Å². The number of hydrogen-bond donors (Lipinski definition) is 3. The molecule has 284 valence electrons. The summed E-state index contributed by atoms with van der Waals surface area (Å²) in [7, 11) is 0. The van der Waals surface area contributed by atoms with Gasteiger partial charge in [-0.25, -0.2) is 0 Å². The number of aryl methyl sites for hydroxylation is 2. The van der Waals surface area contributed by atoms with Gasteiger partial charge in [-0.15, -0.1) is 0 Å². The molecule has 0 unspecified atom stereocenters. The Kier molecular flexibility index (Phi) is 13.7. The number of hydrogen-bond acceptors (Lipinski definition) is 6. The van der Waals surface area contributed by atoms with E-state index in [1.54, 1.807) is 13.0 Å². The molecular weight excluding hydrogens is 649 g/mol. The quantitative estimate of drug-likeness (QED) is 0.115. The molecule has 1 heterocycles. The summed E-state index contributed by atoms with van der Waals surface area (Å²) in [6.07, 6.45) is 16.3. The van der Waals surface area contributed by atoms with Crippen molar-refractivity contribution in [3.05, 3.63) is 81.0 Å². The number of ether oxygens (including phenoxy) is 1. The minimum Gasteiger partial charge on any atom is -0.507 e. The summed E-state index contributed by atoms with van der Waals surface area (Å²) >= 11 is 0. The lowest BCUT2D eigenvalue weighted by Gasteiger charge is -2.46. The summed E-state index contributed by atoms with van der Waals surface area (Å²) < 4.78 is 6.39. The Bertz CT molecular complexity index is 1720. The molecule has 0 bridgehead atoms. The lowest BCUT2D eigenvalue weighted by Crippen LogP contribution is -2.45. The van der Waals surface area contributed by atoms with Crippen LogP contribution in [0.2, 0.25) is 0 Å². The molecular formula is C46H64O6. The van der Waals surface area contributed by atoms with Gasteiger partial charge in [0.2, 0.25) is 0 Å². The molecule has 3 aliphatic rings. The second kappa shape index (κ2) is 17.4. The molecule has 0 radical (unpaired) electrons. The third-order valence-corrected chi connectivity index (χ3v) is 11.6. The van der Waals surface area contributed by atoms with Crippen LogP contribution in [0.1, 0.15) is 181 Å². The van der Waals surface area contributed by atoms with Crippen LogP contribution >= 0.6 is 0 Å². The Morgan fingerprint density at radius 3 is 1.79 bits per heavy atom. The Morgan fingerprint density at radius 2 is 1.27 bits per heavy atom. The maximum Gasteiger partial charge on any atom is 0.163 e. The van der Waals surface area contributed by atoms with Crippen LogP contribution in [0.3, 0.4) is 0 Å². The minimum absolute atomic E-state index is 0.0498. The van der Waals surface area contributed by atoms with Crippen molar-refractivity contribution in [1.29, 1.82) is 0 Å². The molecule has 2 aromatic rings. The predicted octanol–water partition coefficient (Wildman–Crippen LogP) is 12.0. The first kappa shape index (κ1) is 41.0. The minimum atomic E-state index is -0.278. The zero-order valence-electron chi connectivity index (χ0n) is 33.4. The molecule has 52 heavy (non-hydrogen) atoms. The maximum absolute atomic E-state index is 12.3. The first-order valence-electron chi connectivity index (χ1n) is 19.7. The Morgan fingerprint density at radius 1 is 0.769 bits per heavy atom. The molecule has 2 aromatic carbocycles. The lowest BCUT2D eigenvalue weighted by molar-refractivity contribution is 0.0107. The zero-order chi connectivity index (χ0) is 38.5. The van der Waals surface area contributed by atoms with Crippen molar-refractivity contribution >= 4 is 11.6 Å². The van der Waals surface area contributed by atoms with E-state index in [1.165, 1.54) is 18.1 Å². The van der Waals surface area contributed by atoms with Gasteiger partial charge in [0.15, 0.2) is 11.6 Å². The summed E-state index contributed by atoms with van der Waals surface area (Å²) in [6.45, 7) is 21.9. The molecule has 1 aliphatic heterocycles. The van der Waals surface area contributed by atoms with E-state index >= 15 is 0 Å². The number of aromatic hydroxyl groups is 3. The summed E-state index contributed by atoms with van der Waals surface area (Å²) in [5.74, 6) is 1.17. The molecule has 6 heteroatoms. The van der Waals surface area contributed by atoms with E-state index in [4.69, 9.17) is 4.74 Å². The lowest BCUT2D eigenvalue weighted by atomic mass is 9.67. The van der Waals surface area contributed by atoms with Gasteiger partial charge < -0.3 is 20.1 Å². The van der Waals surface area contributed by atoms with E-state index in [0.717, 1.165) is 98.6 Å². The maximum atomic E-state index is 12.3. The number of carbonyl (C=O) groups excluding carboxylic acids is 2. The van der Waals surface area contributed by atoms with Crippen LogP contribution in [-0.2, 0) is 12.8 Å². The van der Waals surface area contributed by atoms with E-state index in [2.05, 4.69) is 60.3 Å². The fourth-order valence-electron chi connectivity index (χ4n) is 8.88. The predicted molar refractivity (Wildman–Crippen MR) is 212 cm³/mol. The van der Waals surface area contributed by atoms with Crippen molar-refractivity contribution in [2.75, 3.05) is 0 Å². The van der Waals surface area contributed by atoms with Crippen LogP contribution < -0.4 is 4.74 Å². The standard InChI is InChI=1S/2C23H32O3/c1-6-7-8-9-16-13-19-21(22(25)20(16)15(3)24)17-12-14(2)10-11-18(17)23(4,5)26-19;1-6-7-8-9-17-13-20(25)22(23(26)21(17)16(5)24)19-12-15(4)10-11-18(19)14(2)3/h12-13,17-18,25H,6-11H2,1-5H3;12-13,18-19,25-26H,2,6-11H2,1,3-5H3/t17-,18-;18-,19+/m10/s1. The second-order valence-electron chi connectivity index (χ2n) is 16.3. The van der Waals surface area contributed by atoms with Gasteiger partial charge in [-0.1, -0.05) is 75.0 Å². The molecule has 0 spiro atoms. The summed E-state index contributed by atoms with van der Waals surface area (Å²) in [6, 6.07) is 3.71. The highest BCUT2D eigenvalue weighted by atomic mass is 16.5. The number of Topliss-reactive ketones (excluding diaryl/α,β-unsaturated/α-hetero) is 2. The number of unbranched alkanes of at least 4 members (excludes halogenated alkanes) is 4. The monoisotopic (exact) mass is 712 g/mol. The third kappa shape index (κ3) is 8.86. The number of ketones is 2. The first-order valence-corrected chi connectivity index (χ1v) is 19.7. The Balaban J connectivity index is 0.000000233. The van der Waals surface area contributed by atoms with Crippen LogP contribution in [0.4, 0.5) is 0 Å². The average Bonchev–Trinajstić information content (AvgIpc) is 3.04. The SMILES string of the molecule is C=C(C)[C@@H]1CCC(C)=C[C@H]1c1c(O)cc(CCCCC)c(C(C)=O)c1O.CCCCCc1cc2c(c(O)c1C(C)=O)[C@@H]1C=C(C)CC[C@H]1C(C)(C)O2. The van der Waals surface area contributed by atoms with E-state index in [0.29, 0.717) is 29.0 Å². The van der Waals surface area contributed by atoms with Gasteiger partial charge in [-0.3, -0.25) is 9.59 Å². The van der Waals surface area contributed by atoms with Crippen molar-refractivity contribution < 1.29 is 29.6 Å². The largest absolute Gasteiger partial charge is 0.507 e. The first-order chi connectivity index (χ1) is 24.5. The Hall–Kier alpha value is -3.80. The normalized spacial score (nSPS) is 21.7. The van der Waals surface area contributed by atoms with Gasteiger partial charge in [0.1, 0.15) is 28.6 Å². The number of allylic oxidation sites excluding steroid dienone is 5. The molecule has 0 fully saturated rings. The molecule has 2 aliphatic carbocycles. The van der Waals surface area contributed by atoms with Crippen LogP contribution in [-0.4, -0.2) is 32.5 Å². The molecule has 0 amide bonds. The molecule has 4 atom stereocenters. The van der Waals surface area contributed by atoms with Gasteiger partial charge in [0.05, 0.1) is 11.1 Å². The third-order valence-electron chi connectivity index (χ3n) is 11.6.